The second kappa shape index (κ2) is 12.4. The van der Waals surface area contributed by atoms with Gasteiger partial charge in [-0.1, -0.05) is 52.0 Å². The fourth-order valence-electron chi connectivity index (χ4n) is 4.05. The Morgan fingerprint density at radius 3 is 1.58 bits per heavy atom. The number of carbonyl (C=O) groups excluding carboxylic acids is 1. The van der Waals surface area contributed by atoms with E-state index in [2.05, 4.69) is 10.6 Å². The summed E-state index contributed by atoms with van der Waals surface area (Å²) in [6, 6.07) is 11.2. The van der Waals surface area contributed by atoms with Gasteiger partial charge in [-0.15, -0.1) is 0 Å². The third-order valence-electron chi connectivity index (χ3n) is 5.98. The van der Waals surface area contributed by atoms with E-state index in [1.165, 1.54) is 12.5 Å². The summed E-state index contributed by atoms with van der Waals surface area (Å²) in [6.07, 6.45) is 1.54. The average Bonchev–Trinajstić information content (AvgIpc) is 3.53. The highest BCUT2D eigenvalue weighted by Crippen LogP contribution is 2.36. The number of aliphatic hydroxyl groups is 2. The molecule has 204 valence electrons. The van der Waals surface area contributed by atoms with Crippen LogP contribution in [0, 0.1) is 0 Å². The lowest BCUT2D eigenvalue weighted by Gasteiger charge is -2.16. The zero-order valence-electron chi connectivity index (χ0n) is 22.2. The number of rotatable bonds is 14. The smallest absolute Gasteiger partial charge is 0.264 e. The lowest BCUT2D eigenvalue weighted by molar-refractivity contribution is 0.0983. The number of aliphatic hydroxyl groups excluding tert-OH is 2. The zero-order chi connectivity index (χ0) is 27.2. The number of hydrogen-bond acceptors (Lipinski definition) is 9. The third-order valence-corrected chi connectivity index (χ3v) is 5.98. The van der Waals surface area contributed by atoms with Gasteiger partial charge in [0.2, 0.25) is 0 Å². The van der Waals surface area contributed by atoms with Gasteiger partial charge in [0, 0.05) is 35.9 Å². The monoisotopic (exact) mass is 524 g/mol. The van der Waals surface area contributed by atoms with Crippen LogP contribution >= 0.6 is 0 Å². The van der Waals surface area contributed by atoms with E-state index in [1.807, 2.05) is 39.8 Å². The van der Waals surface area contributed by atoms with Crippen molar-refractivity contribution < 1.29 is 33.3 Å². The maximum absolute atomic E-state index is 13.7. The minimum atomic E-state index is -0.724. The second-order valence-electron chi connectivity index (χ2n) is 9.96. The number of fused-ring (bicyclic) bond motifs is 2. The molecule has 4 aromatic rings. The van der Waals surface area contributed by atoms with Gasteiger partial charge in [-0.25, -0.2) is 0 Å². The summed E-state index contributed by atoms with van der Waals surface area (Å²) in [4.78, 5) is 13.7. The van der Waals surface area contributed by atoms with E-state index >= 15 is 0 Å². The summed E-state index contributed by atoms with van der Waals surface area (Å²) in [5.74, 6) is 0.522. The Balaban J connectivity index is 1.59. The van der Waals surface area contributed by atoms with Crippen LogP contribution in [0.15, 0.2) is 57.8 Å². The predicted octanol–water partition coefficient (Wildman–Crippen LogP) is 3.89. The van der Waals surface area contributed by atoms with Gasteiger partial charge in [-0.3, -0.25) is 4.79 Å². The number of benzene rings is 2. The van der Waals surface area contributed by atoms with Crippen molar-refractivity contribution in [1.82, 2.24) is 10.6 Å². The van der Waals surface area contributed by atoms with Crippen LogP contribution in [0.4, 0.5) is 0 Å². The van der Waals surface area contributed by atoms with Gasteiger partial charge in [0.25, 0.3) is 5.78 Å². The van der Waals surface area contributed by atoms with E-state index in [-0.39, 0.29) is 36.8 Å². The topological polar surface area (TPSA) is 126 Å². The van der Waals surface area contributed by atoms with E-state index in [4.69, 9.17) is 18.3 Å². The molecule has 4 N–H and O–H groups in total. The Hall–Kier alpha value is -3.37. The third kappa shape index (κ3) is 6.54. The molecule has 0 aliphatic carbocycles. The van der Waals surface area contributed by atoms with Crippen LogP contribution in [0.25, 0.3) is 21.5 Å². The Labute approximate surface area is 221 Å². The summed E-state index contributed by atoms with van der Waals surface area (Å²) in [7, 11) is 0. The van der Waals surface area contributed by atoms with Gasteiger partial charge in [0.1, 0.15) is 36.9 Å². The lowest BCUT2D eigenvalue weighted by atomic mass is 10.1. The van der Waals surface area contributed by atoms with E-state index in [0.29, 0.717) is 46.1 Å². The van der Waals surface area contributed by atoms with Gasteiger partial charge in [0.15, 0.2) is 11.5 Å². The first kappa shape index (κ1) is 27.7. The highest BCUT2D eigenvalue weighted by Gasteiger charge is 2.26. The number of ether oxygens (including phenoxy) is 2. The van der Waals surface area contributed by atoms with E-state index < -0.39 is 18.0 Å². The van der Waals surface area contributed by atoms with Crippen LogP contribution in [0.1, 0.15) is 44.0 Å². The van der Waals surface area contributed by atoms with Crippen LogP contribution in [0.2, 0.25) is 0 Å². The second-order valence-corrected chi connectivity index (χ2v) is 9.96. The van der Waals surface area contributed by atoms with Gasteiger partial charge in [-0.2, -0.15) is 0 Å². The largest absolute Gasteiger partial charge is 0.490 e. The number of carbonyl (C=O) groups is 1. The molecular formula is C29H36N2O7. The van der Waals surface area contributed by atoms with Crippen molar-refractivity contribution >= 4 is 27.3 Å². The van der Waals surface area contributed by atoms with Crippen molar-refractivity contribution in [3.8, 4) is 11.5 Å². The van der Waals surface area contributed by atoms with Crippen molar-refractivity contribution in [3.05, 3.63) is 60.4 Å². The fourth-order valence-corrected chi connectivity index (χ4v) is 4.05. The van der Waals surface area contributed by atoms with E-state index in [0.717, 1.165) is 0 Å². The first-order chi connectivity index (χ1) is 18.2. The molecule has 0 amide bonds. The normalized spacial score (nSPS) is 13.5. The molecule has 0 saturated heterocycles. The predicted molar refractivity (Wildman–Crippen MR) is 145 cm³/mol. The zero-order valence-corrected chi connectivity index (χ0v) is 22.2. The summed E-state index contributed by atoms with van der Waals surface area (Å²) in [6.45, 7) is 8.86. The fraction of sp³-hybridized carbons (Fsp3) is 0.414. The van der Waals surface area contributed by atoms with Crippen LogP contribution in [-0.4, -0.2) is 66.6 Å². The molecule has 2 aromatic heterocycles. The molecule has 2 aromatic carbocycles. The first-order valence-corrected chi connectivity index (χ1v) is 12.9. The number of nitrogens with one attached hydrogen (secondary N) is 2. The van der Waals surface area contributed by atoms with Gasteiger partial charge in [0.05, 0.1) is 23.3 Å². The Morgan fingerprint density at radius 1 is 0.763 bits per heavy atom. The molecule has 4 rings (SSSR count). The number of ketones is 1. The molecule has 0 radical (unpaired) electrons. The molecule has 0 aliphatic heterocycles. The van der Waals surface area contributed by atoms with Gasteiger partial charge < -0.3 is 39.2 Å². The molecule has 2 unspecified atom stereocenters. The van der Waals surface area contributed by atoms with Crippen molar-refractivity contribution in [2.24, 2.45) is 0 Å². The molecule has 2 heterocycles. The highest BCUT2D eigenvalue weighted by molar-refractivity contribution is 6.20. The van der Waals surface area contributed by atoms with E-state index in [1.54, 1.807) is 24.3 Å². The van der Waals surface area contributed by atoms with Crippen LogP contribution in [-0.2, 0) is 0 Å². The molecule has 0 bridgehead atoms. The Bertz CT molecular complexity index is 1260. The van der Waals surface area contributed by atoms with Crippen molar-refractivity contribution in [3.63, 3.8) is 0 Å². The van der Waals surface area contributed by atoms with Crippen LogP contribution < -0.4 is 20.1 Å². The molecule has 0 spiro atoms. The standard InChI is InChI=1S/C29H36N2O7/c1-17(2)30-11-21(32)15-35-23-9-5-7-19-13-37-28(25(19)23)27(34)29-26-20(14-38-29)8-6-10-24(26)36-16-22(33)12-31-18(3)4/h5-10,13-14,17-18,21-22,30-33H,11-12,15-16H2,1-4H3. The highest BCUT2D eigenvalue weighted by atomic mass is 16.5. The summed E-state index contributed by atoms with van der Waals surface area (Å²) >= 11 is 0. The van der Waals surface area contributed by atoms with Gasteiger partial charge in [-0.05, 0) is 12.1 Å². The average molecular weight is 525 g/mol. The molecule has 0 saturated carbocycles. The van der Waals surface area contributed by atoms with Crippen LogP contribution in [0.3, 0.4) is 0 Å². The Morgan fingerprint density at radius 2 is 1.18 bits per heavy atom. The SMILES string of the molecule is CC(C)NCC(O)COc1cccc2coc(C(=O)c3occ4cccc(OCC(O)CNC(C)C)c34)c12. The summed E-state index contributed by atoms with van der Waals surface area (Å²) in [5, 5.41) is 29.3. The lowest BCUT2D eigenvalue weighted by Crippen LogP contribution is -2.35. The quantitative estimate of drug-likeness (QED) is 0.182. The molecule has 0 aliphatic rings. The van der Waals surface area contributed by atoms with Gasteiger partial charge >= 0.3 is 0 Å². The molecule has 38 heavy (non-hydrogen) atoms. The summed E-state index contributed by atoms with van der Waals surface area (Å²) < 4.78 is 23.2. The van der Waals surface area contributed by atoms with Crippen molar-refractivity contribution in [2.75, 3.05) is 26.3 Å². The molecule has 0 fully saturated rings. The maximum atomic E-state index is 13.7. The first-order valence-electron chi connectivity index (χ1n) is 12.9. The van der Waals surface area contributed by atoms with Crippen LogP contribution in [0.5, 0.6) is 11.5 Å². The maximum Gasteiger partial charge on any atom is 0.264 e. The molecule has 9 heteroatoms. The minimum absolute atomic E-state index is 0.0489. The minimum Gasteiger partial charge on any atom is -0.490 e. The number of hydrogen-bond donors (Lipinski definition) is 4. The number of furan rings is 2. The van der Waals surface area contributed by atoms with Crippen molar-refractivity contribution in [2.45, 2.75) is 52.0 Å². The van der Waals surface area contributed by atoms with Crippen molar-refractivity contribution in [1.29, 1.82) is 0 Å². The molecule has 2 atom stereocenters. The Kier molecular flexibility index (Phi) is 9.06. The van der Waals surface area contributed by atoms with E-state index in [9.17, 15) is 15.0 Å². The molecular weight excluding hydrogens is 488 g/mol. The molecule has 9 nitrogen and oxygen atoms in total. The summed E-state index contributed by atoms with van der Waals surface area (Å²) in [5.41, 5.74) is 0.